The zero-order chi connectivity index (χ0) is 21.3. The second-order valence-electron chi connectivity index (χ2n) is 7.66. The molecule has 0 aliphatic rings. The van der Waals surface area contributed by atoms with Crippen molar-refractivity contribution < 1.29 is 9.90 Å². The lowest BCUT2D eigenvalue weighted by Crippen LogP contribution is -2.25. The van der Waals surface area contributed by atoms with Crippen molar-refractivity contribution in [2.45, 2.75) is 40.0 Å². The van der Waals surface area contributed by atoms with Gasteiger partial charge in [-0.2, -0.15) is 5.26 Å². The summed E-state index contributed by atoms with van der Waals surface area (Å²) in [6.45, 7) is 7.61. The number of nitriles is 1. The van der Waals surface area contributed by atoms with Crippen LogP contribution in [-0.2, 0) is 0 Å². The van der Waals surface area contributed by atoms with Gasteiger partial charge >= 0.3 is 0 Å². The van der Waals surface area contributed by atoms with Gasteiger partial charge in [0.2, 0.25) is 0 Å². The minimum absolute atomic E-state index is 0.0836. The first-order valence-corrected chi connectivity index (χ1v) is 9.43. The van der Waals surface area contributed by atoms with Crippen LogP contribution < -0.4 is 5.56 Å². The van der Waals surface area contributed by atoms with Crippen LogP contribution in [0.5, 0.6) is 5.75 Å². The van der Waals surface area contributed by atoms with E-state index >= 15 is 0 Å². The van der Waals surface area contributed by atoms with Crippen molar-refractivity contribution in [1.82, 2.24) is 14.5 Å². The number of phenolic OH excluding ortho intramolecular Hbond substituents is 1. The summed E-state index contributed by atoms with van der Waals surface area (Å²) < 4.78 is 1.44. The minimum Gasteiger partial charge on any atom is -0.507 e. The van der Waals surface area contributed by atoms with Crippen molar-refractivity contribution in [3.8, 4) is 17.5 Å². The molecule has 0 spiro atoms. The Balaban J connectivity index is 2.35. The highest BCUT2D eigenvalue weighted by atomic mass is 16.3. The number of nitrogens with zero attached hydrogens (tertiary/aromatic N) is 4. The molecule has 1 aromatic carbocycles. The topological polar surface area (TPSA) is 109 Å². The number of carbonyl (C=O) groups excluding carboxylic acids is 1. The van der Waals surface area contributed by atoms with E-state index in [1.165, 1.54) is 29.0 Å². The molecule has 148 valence electrons. The second kappa shape index (κ2) is 7.84. The van der Waals surface area contributed by atoms with Crippen LogP contribution in [0.3, 0.4) is 0 Å². The third kappa shape index (κ3) is 3.74. The lowest BCUT2D eigenvalue weighted by molar-refractivity contribution is 0.0967. The lowest BCUT2D eigenvalue weighted by atomic mass is 9.98. The number of carbonyl (C=O) groups is 1. The smallest absolute Gasteiger partial charge is 0.266 e. The number of ketones is 1. The normalized spacial score (nSPS) is 11.2. The summed E-state index contributed by atoms with van der Waals surface area (Å²) >= 11 is 0. The Morgan fingerprint density at radius 2 is 1.93 bits per heavy atom. The predicted octanol–water partition coefficient (Wildman–Crippen LogP) is 3.71. The Hall–Kier alpha value is -3.53. The number of phenols is 1. The molecule has 3 aromatic rings. The molecule has 1 N–H and O–H groups in total. The first kappa shape index (κ1) is 20.2. The fraction of sp³-hybridized carbons (Fsp3) is 0.318. The molecule has 29 heavy (non-hydrogen) atoms. The third-order valence-corrected chi connectivity index (χ3v) is 4.55. The van der Waals surface area contributed by atoms with Gasteiger partial charge in [0, 0.05) is 12.3 Å². The molecule has 0 bridgehead atoms. The van der Waals surface area contributed by atoms with Gasteiger partial charge in [-0.15, -0.1) is 0 Å². The van der Waals surface area contributed by atoms with E-state index in [1.54, 1.807) is 6.07 Å². The zero-order valence-electron chi connectivity index (χ0n) is 16.8. The average molecular weight is 390 g/mol. The molecule has 0 atom stereocenters. The maximum Gasteiger partial charge on any atom is 0.266 e. The molecule has 0 aliphatic carbocycles. The standard InChI is InChI=1S/C22H22N4O3/c1-12(2)9-18(28)19-17(27)8-7-16-20(19)25-21(13(3)4)26(22(16)29)15-6-5-14(10-23)24-11-15/h5-8,11-13,27H,9H2,1-4H3. The van der Waals surface area contributed by atoms with Crippen molar-refractivity contribution >= 4 is 16.7 Å². The third-order valence-electron chi connectivity index (χ3n) is 4.55. The molecule has 2 heterocycles. The summed E-state index contributed by atoms with van der Waals surface area (Å²) in [6.07, 6.45) is 1.69. The highest BCUT2D eigenvalue weighted by Gasteiger charge is 2.23. The van der Waals surface area contributed by atoms with Gasteiger partial charge in [-0.05, 0) is 30.2 Å². The van der Waals surface area contributed by atoms with Gasteiger partial charge in [-0.25, -0.2) is 9.97 Å². The van der Waals surface area contributed by atoms with Crippen LogP contribution >= 0.6 is 0 Å². The number of aromatic nitrogens is 3. The van der Waals surface area contributed by atoms with Gasteiger partial charge in [0.15, 0.2) is 5.78 Å². The molecule has 0 saturated heterocycles. The second-order valence-corrected chi connectivity index (χ2v) is 7.66. The number of fused-ring (bicyclic) bond motifs is 1. The molecule has 7 nitrogen and oxygen atoms in total. The van der Waals surface area contributed by atoms with E-state index in [9.17, 15) is 14.7 Å². The SMILES string of the molecule is CC(C)CC(=O)c1c(O)ccc2c(=O)n(-c3ccc(C#N)nc3)c(C(C)C)nc12. The molecular formula is C22H22N4O3. The summed E-state index contributed by atoms with van der Waals surface area (Å²) in [7, 11) is 0. The molecule has 0 amide bonds. The predicted molar refractivity (Wildman–Crippen MR) is 109 cm³/mol. The van der Waals surface area contributed by atoms with Crippen LogP contribution in [0.4, 0.5) is 0 Å². The highest BCUT2D eigenvalue weighted by molar-refractivity contribution is 6.09. The van der Waals surface area contributed by atoms with E-state index in [-0.39, 0.29) is 57.5 Å². The molecule has 0 fully saturated rings. The van der Waals surface area contributed by atoms with Crippen molar-refractivity contribution in [3.63, 3.8) is 0 Å². The minimum atomic E-state index is -0.358. The van der Waals surface area contributed by atoms with E-state index in [1.807, 2.05) is 33.8 Å². The van der Waals surface area contributed by atoms with Crippen LogP contribution in [0.25, 0.3) is 16.6 Å². The summed E-state index contributed by atoms with van der Waals surface area (Å²) in [5.74, 6) is -0.0202. The van der Waals surface area contributed by atoms with E-state index < -0.39 is 0 Å². The van der Waals surface area contributed by atoms with Crippen LogP contribution in [0.1, 0.15) is 61.9 Å². The zero-order valence-corrected chi connectivity index (χ0v) is 16.8. The van der Waals surface area contributed by atoms with Crippen LogP contribution in [0.2, 0.25) is 0 Å². The first-order valence-electron chi connectivity index (χ1n) is 9.43. The van der Waals surface area contributed by atoms with E-state index in [0.717, 1.165) is 0 Å². The highest BCUT2D eigenvalue weighted by Crippen LogP contribution is 2.28. The van der Waals surface area contributed by atoms with Gasteiger partial charge in [-0.3, -0.25) is 14.2 Å². The van der Waals surface area contributed by atoms with Crippen molar-refractivity contribution in [2.24, 2.45) is 5.92 Å². The van der Waals surface area contributed by atoms with Crippen molar-refractivity contribution in [3.05, 3.63) is 57.9 Å². The number of pyridine rings is 1. The van der Waals surface area contributed by atoms with E-state index in [0.29, 0.717) is 11.5 Å². The number of Topliss-reactive ketones (excluding diaryl/α,β-unsaturated/α-hetero) is 1. The quantitative estimate of drug-likeness (QED) is 0.665. The van der Waals surface area contributed by atoms with Crippen LogP contribution in [0.15, 0.2) is 35.3 Å². The molecule has 0 radical (unpaired) electrons. The number of benzene rings is 1. The average Bonchev–Trinajstić information content (AvgIpc) is 2.67. The van der Waals surface area contributed by atoms with Gasteiger partial charge in [0.1, 0.15) is 23.3 Å². The number of aromatic hydroxyl groups is 1. The van der Waals surface area contributed by atoms with Crippen LogP contribution in [0, 0.1) is 17.2 Å². The van der Waals surface area contributed by atoms with Gasteiger partial charge in [0.05, 0.1) is 28.4 Å². The largest absolute Gasteiger partial charge is 0.507 e. The summed E-state index contributed by atoms with van der Waals surface area (Å²) in [6, 6.07) is 7.95. The molecule has 0 saturated carbocycles. The first-order chi connectivity index (χ1) is 13.7. The monoisotopic (exact) mass is 390 g/mol. The van der Waals surface area contributed by atoms with Gasteiger partial charge in [0.25, 0.3) is 5.56 Å². The molecular weight excluding hydrogens is 368 g/mol. The van der Waals surface area contributed by atoms with Gasteiger partial charge in [-0.1, -0.05) is 27.7 Å². The van der Waals surface area contributed by atoms with Crippen molar-refractivity contribution in [2.75, 3.05) is 0 Å². The fourth-order valence-corrected chi connectivity index (χ4v) is 3.23. The van der Waals surface area contributed by atoms with Gasteiger partial charge < -0.3 is 5.11 Å². The number of hydrogen-bond acceptors (Lipinski definition) is 6. The Bertz CT molecular complexity index is 1190. The maximum atomic E-state index is 13.4. The molecule has 0 unspecified atom stereocenters. The number of rotatable bonds is 5. The Morgan fingerprint density at radius 3 is 2.48 bits per heavy atom. The maximum absolute atomic E-state index is 13.4. The fourth-order valence-electron chi connectivity index (χ4n) is 3.23. The molecule has 7 heteroatoms. The Labute approximate surface area is 168 Å². The lowest BCUT2D eigenvalue weighted by Gasteiger charge is -2.17. The summed E-state index contributed by atoms with van der Waals surface area (Å²) in [4.78, 5) is 34.8. The van der Waals surface area contributed by atoms with E-state index in [4.69, 9.17) is 5.26 Å². The Morgan fingerprint density at radius 1 is 1.21 bits per heavy atom. The van der Waals surface area contributed by atoms with Crippen LogP contribution in [-0.4, -0.2) is 25.4 Å². The Kier molecular flexibility index (Phi) is 5.46. The molecule has 3 rings (SSSR count). The van der Waals surface area contributed by atoms with E-state index in [2.05, 4.69) is 9.97 Å². The molecule has 2 aromatic heterocycles. The molecule has 0 aliphatic heterocycles. The summed E-state index contributed by atoms with van der Waals surface area (Å²) in [5.41, 5.74) is 0.662. The van der Waals surface area contributed by atoms with Crippen molar-refractivity contribution in [1.29, 1.82) is 5.26 Å². The summed E-state index contributed by atoms with van der Waals surface area (Å²) in [5, 5.41) is 19.5. The number of hydrogen-bond donors (Lipinski definition) is 1.